The first-order chi connectivity index (χ1) is 51.1. The summed E-state index contributed by atoms with van der Waals surface area (Å²) in [6.07, 6.45) is 0. The van der Waals surface area contributed by atoms with Crippen LogP contribution in [0.4, 0.5) is 0 Å². The molecule has 546 valence electrons. The molecule has 0 atom stereocenters. The molecule has 0 spiro atoms. The molecule has 0 aliphatic heterocycles. The molecular weight excluding hydrogens is 1360 g/mol. The van der Waals surface area contributed by atoms with Crippen LogP contribution in [0.2, 0.25) is 0 Å². The Morgan fingerprint density at radius 1 is 0.145 bits per heavy atom. The number of aryl methyl sites for hydroxylation is 6. The van der Waals surface area contributed by atoms with Gasteiger partial charge in [0.25, 0.3) is 0 Å². The van der Waals surface area contributed by atoms with Crippen LogP contribution >= 0.6 is 22.7 Å². The number of hydrogen-bond acceptors (Lipinski definition) is 2. The Labute approximate surface area is 660 Å². The lowest BCUT2D eigenvalue weighted by Gasteiger charge is -2.12. The largest absolute Gasteiger partial charge is 0.135 e. The van der Waals surface area contributed by atoms with Crippen molar-refractivity contribution in [2.75, 3.05) is 0 Å². The summed E-state index contributed by atoms with van der Waals surface area (Å²) in [4.78, 5) is 0. The minimum atomic E-state index is 0. The number of thiophene rings is 2. The Bertz CT molecular complexity index is 6610. The second kappa shape index (κ2) is 35.8. The maximum Gasteiger partial charge on any atom is 0.0384 e. The average molecular weight is 1460 g/mol. The summed E-state index contributed by atoms with van der Waals surface area (Å²) in [6.45, 7) is 12.8. The van der Waals surface area contributed by atoms with Crippen LogP contribution in [0.5, 0.6) is 0 Å². The molecule has 21 rings (SSSR count). The van der Waals surface area contributed by atoms with Crippen molar-refractivity contribution in [1.82, 2.24) is 0 Å². The third kappa shape index (κ3) is 16.4. The van der Waals surface area contributed by atoms with Crippen molar-refractivity contribution in [3.8, 4) is 22.3 Å². The maximum absolute atomic E-state index is 2.35. The number of benzene rings is 19. The van der Waals surface area contributed by atoms with Gasteiger partial charge in [0.15, 0.2) is 0 Å². The van der Waals surface area contributed by atoms with Crippen molar-refractivity contribution in [2.24, 2.45) is 0 Å². The SMILES string of the molecule is C.C.C.C.C.C.Cc1ccc(-c2ccc3c4ccccc4c4ccccc4c3c2)cc1.Cc1ccc2c3ccccc3c3ccccc3c2c1.Cc1ccc2sc3ccccc3c2c1.Cc1cccc(-c2ccc3c4ccccc4c4ccccc4c3c2)c1.Cc1cccc2c1sc1ccccc12.Cc1ccccc1. The lowest BCUT2D eigenvalue weighted by molar-refractivity contribution is 1.47. The van der Waals surface area contributed by atoms with Gasteiger partial charge in [-0.3, -0.25) is 0 Å². The molecule has 2 heteroatoms. The predicted octanol–water partition coefficient (Wildman–Crippen LogP) is 34.2. The van der Waals surface area contributed by atoms with Gasteiger partial charge in [0.1, 0.15) is 0 Å². The lowest BCUT2D eigenvalue weighted by atomic mass is 9.92. The zero-order valence-corrected chi connectivity index (χ0v) is 61.1. The highest BCUT2D eigenvalue weighted by molar-refractivity contribution is 7.26. The van der Waals surface area contributed by atoms with Gasteiger partial charge in [-0.05, 0) is 203 Å². The molecule has 0 nitrogen and oxygen atoms in total. The molecule has 0 saturated heterocycles. The van der Waals surface area contributed by atoms with Crippen molar-refractivity contribution in [3.63, 3.8) is 0 Å². The van der Waals surface area contributed by atoms with Crippen LogP contribution in [-0.2, 0) is 0 Å². The minimum absolute atomic E-state index is 0. The fraction of sp³-hybridized carbons (Fsp3) is 0.111. The molecule has 0 aliphatic rings. The molecule has 0 aliphatic carbocycles. The summed E-state index contributed by atoms with van der Waals surface area (Å²) in [5.41, 5.74) is 13.0. The molecule has 0 radical (unpaired) electrons. The zero-order valence-electron chi connectivity index (χ0n) is 59.5. The monoisotopic (exact) mass is 1460 g/mol. The lowest BCUT2D eigenvalue weighted by Crippen LogP contribution is -1.85. The van der Waals surface area contributed by atoms with E-state index >= 15 is 0 Å². The third-order valence-corrected chi connectivity index (χ3v) is 22.7. The van der Waals surface area contributed by atoms with Crippen molar-refractivity contribution >= 4 is 160 Å². The normalized spacial score (nSPS) is 10.6. The molecule has 0 saturated carbocycles. The van der Waals surface area contributed by atoms with E-state index < -0.39 is 0 Å². The van der Waals surface area contributed by atoms with Gasteiger partial charge in [-0.1, -0.05) is 400 Å². The molecule has 19 aromatic carbocycles. The Hall–Kier alpha value is -12.0. The van der Waals surface area contributed by atoms with Gasteiger partial charge in [0.05, 0.1) is 0 Å². The molecule has 2 heterocycles. The second-order valence-corrected chi connectivity index (χ2v) is 29.5. The van der Waals surface area contributed by atoms with E-state index in [0.717, 1.165) is 0 Å². The highest BCUT2D eigenvalue weighted by Crippen LogP contribution is 2.42. The van der Waals surface area contributed by atoms with Crippen LogP contribution in [0, 0.1) is 41.5 Å². The number of rotatable bonds is 2. The first-order valence-electron chi connectivity index (χ1n) is 35.9. The van der Waals surface area contributed by atoms with Crippen molar-refractivity contribution in [1.29, 1.82) is 0 Å². The molecule has 0 N–H and O–H groups in total. The first kappa shape index (κ1) is 80.5. The van der Waals surface area contributed by atoms with Crippen LogP contribution in [0.15, 0.2) is 364 Å². The topological polar surface area (TPSA) is 0 Å². The van der Waals surface area contributed by atoms with Crippen LogP contribution < -0.4 is 0 Å². The smallest absolute Gasteiger partial charge is 0.0384 e. The van der Waals surface area contributed by atoms with Gasteiger partial charge in [-0.25, -0.2) is 0 Å². The quantitative estimate of drug-likeness (QED) is 0.151. The molecule has 0 amide bonds. The molecule has 0 unspecified atom stereocenters. The van der Waals surface area contributed by atoms with Crippen molar-refractivity contribution < 1.29 is 0 Å². The summed E-state index contributed by atoms with van der Waals surface area (Å²) in [5.74, 6) is 0. The van der Waals surface area contributed by atoms with Crippen LogP contribution in [-0.4, -0.2) is 0 Å². The Kier molecular flexibility index (Phi) is 26.2. The average Bonchev–Trinajstić information content (AvgIpc) is 1.22. The Morgan fingerprint density at radius 2 is 0.409 bits per heavy atom. The van der Waals surface area contributed by atoms with Crippen LogP contribution in [0.1, 0.15) is 77.9 Å². The summed E-state index contributed by atoms with van der Waals surface area (Å²) < 4.78 is 5.58. The van der Waals surface area contributed by atoms with Gasteiger partial charge in [0.2, 0.25) is 0 Å². The number of fused-ring (bicyclic) bond motifs is 24. The third-order valence-electron chi connectivity index (χ3n) is 20.2. The van der Waals surface area contributed by atoms with Gasteiger partial charge >= 0.3 is 0 Å². The van der Waals surface area contributed by atoms with Crippen LogP contribution in [0.25, 0.3) is 160 Å². The summed E-state index contributed by atoms with van der Waals surface area (Å²) in [5, 5.41) is 29.5. The number of hydrogen-bond donors (Lipinski definition) is 0. The molecule has 21 aromatic rings. The van der Waals surface area contributed by atoms with E-state index in [1.807, 2.05) is 40.9 Å². The molecular formula is C108H102S2. The van der Waals surface area contributed by atoms with E-state index in [0.29, 0.717) is 0 Å². The minimum Gasteiger partial charge on any atom is -0.135 e. The van der Waals surface area contributed by atoms with E-state index in [4.69, 9.17) is 0 Å². The highest BCUT2D eigenvalue weighted by Gasteiger charge is 2.14. The predicted molar refractivity (Wildman–Crippen MR) is 502 cm³/mol. The highest BCUT2D eigenvalue weighted by atomic mass is 32.1. The summed E-state index contributed by atoms with van der Waals surface area (Å²) >= 11 is 3.76. The summed E-state index contributed by atoms with van der Waals surface area (Å²) in [6, 6.07) is 131. The molecule has 0 fully saturated rings. The van der Waals surface area contributed by atoms with E-state index in [1.165, 1.54) is 193 Å². The fourth-order valence-electron chi connectivity index (χ4n) is 15.0. The zero-order chi connectivity index (χ0) is 70.6. The molecule has 2 aromatic heterocycles. The standard InChI is InChI=1S/2C25H18.C19H14.2C13H10S.C7H8.6CH4/c1-17-7-6-8-18(15-17)19-13-14-24-22-11-3-2-9-20(22)21-10-4-5-12-23(21)25(24)16-19;1-17-10-12-18(13-11-17)19-14-15-24-22-8-3-2-6-20(22)21-7-4-5-9-23(21)25(24)16-19;1-13-10-11-18-16-8-3-2-6-14(16)15-7-4-5-9-17(15)19(18)12-13;1-9-5-4-7-11-10-6-2-3-8-12(10)14-13(9)11;1-9-6-7-13-11(8-9)10-4-2-3-5-12(10)14-13;1-7-5-3-2-4-6-7;;;;;;/h2*2-16H,1H3;2-12H,1H3;2*2-8H,1H3;2-6H,1H3;6*1H4. The molecule has 0 bridgehead atoms. The van der Waals surface area contributed by atoms with Crippen LogP contribution in [0.3, 0.4) is 0 Å². The Morgan fingerprint density at radius 3 is 0.836 bits per heavy atom. The van der Waals surface area contributed by atoms with E-state index in [9.17, 15) is 0 Å². The first-order valence-corrected chi connectivity index (χ1v) is 37.6. The van der Waals surface area contributed by atoms with Gasteiger partial charge in [-0.2, -0.15) is 0 Å². The molecule has 110 heavy (non-hydrogen) atoms. The Balaban J connectivity index is 0.000000143. The maximum atomic E-state index is 2.35. The van der Waals surface area contributed by atoms with E-state index in [1.54, 1.807) is 0 Å². The summed E-state index contributed by atoms with van der Waals surface area (Å²) in [7, 11) is 0. The van der Waals surface area contributed by atoms with E-state index in [2.05, 4.69) is 387 Å². The van der Waals surface area contributed by atoms with Gasteiger partial charge < -0.3 is 0 Å². The van der Waals surface area contributed by atoms with E-state index in [-0.39, 0.29) is 44.6 Å². The van der Waals surface area contributed by atoms with Gasteiger partial charge in [0, 0.05) is 40.3 Å². The fourth-order valence-corrected chi connectivity index (χ4v) is 17.3. The van der Waals surface area contributed by atoms with Crippen molar-refractivity contribution in [2.45, 2.75) is 86.1 Å². The van der Waals surface area contributed by atoms with Crippen molar-refractivity contribution in [3.05, 3.63) is 397 Å². The van der Waals surface area contributed by atoms with Gasteiger partial charge in [-0.15, -0.1) is 22.7 Å². The second-order valence-electron chi connectivity index (χ2n) is 27.4.